The first-order chi connectivity index (χ1) is 17.0. The Morgan fingerprint density at radius 1 is 0.971 bits per heavy atom. The second kappa shape index (κ2) is 11.7. The van der Waals surface area contributed by atoms with E-state index in [1.165, 1.54) is 0 Å². The fourth-order valence-electron chi connectivity index (χ4n) is 4.45. The van der Waals surface area contributed by atoms with E-state index >= 15 is 0 Å². The zero-order valence-corrected chi connectivity index (χ0v) is 20.4. The molecule has 0 fully saturated rings. The van der Waals surface area contributed by atoms with Crippen LogP contribution in [0.5, 0.6) is 0 Å². The number of hydrogen-bond acceptors (Lipinski definition) is 7. The standard InChI is InChI=1S/C26H32N6O3/c1-20-24(29-35-28-20)17-26(34)31-15-7-13-30(19-23-10-5-6-12-27-23)14-8-16-32(21(2)33)25-11-4-3-9-22(25)18-31/h3-6,9-12H,7-8,13-19H2,1-2H3. The molecule has 1 aliphatic heterocycles. The van der Waals surface area contributed by atoms with Crippen LogP contribution in [0.25, 0.3) is 0 Å². The lowest BCUT2D eigenvalue weighted by Crippen LogP contribution is -2.38. The van der Waals surface area contributed by atoms with Crippen molar-refractivity contribution in [2.75, 3.05) is 31.1 Å². The maximum atomic E-state index is 13.3. The lowest BCUT2D eigenvalue weighted by molar-refractivity contribution is -0.131. The largest absolute Gasteiger partial charge is 0.338 e. The van der Waals surface area contributed by atoms with Gasteiger partial charge in [-0.2, -0.15) is 0 Å². The summed E-state index contributed by atoms with van der Waals surface area (Å²) in [6.45, 7) is 7.40. The molecule has 9 heteroatoms. The van der Waals surface area contributed by atoms with Gasteiger partial charge in [-0.05, 0) is 43.5 Å². The van der Waals surface area contributed by atoms with Crippen molar-refractivity contribution < 1.29 is 14.2 Å². The van der Waals surface area contributed by atoms with Crippen LogP contribution in [0.4, 0.5) is 5.69 Å². The Morgan fingerprint density at radius 2 is 1.74 bits per heavy atom. The normalized spacial score (nSPS) is 15.7. The fourth-order valence-corrected chi connectivity index (χ4v) is 4.45. The van der Waals surface area contributed by atoms with Crippen molar-refractivity contribution in [3.05, 3.63) is 71.3 Å². The molecular formula is C26H32N6O3. The van der Waals surface area contributed by atoms with Gasteiger partial charge in [0, 0.05) is 58.1 Å². The van der Waals surface area contributed by atoms with E-state index in [1.54, 1.807) is 20.0 Å². The summed E-state index contributed by atoms with van der Waals surface area (Å²) in [5.74, 6) is -0.0470. The molecule has 184 valence electrons. The summed E-state index contributed by atoms with van der Waals surface area (Å²) in [7, 11) is 0. The molecule has 1 aromatic carbocycles. The predicted octanol–water partition coefficient (Wildman–Crippen LogP) is 2.99. The number of para-hydroxylation sites is 1. The molecule has 2 amide bonds. The van der Waals surface area contributed by atoms with Crippen molar-refractivity contribution in [2.24, 2.45) is 0 Å². The van der Waals surface area contributed by atoms with Crippen LogP contribution >= 0.6 is 0 Å². The highest BCUT2D eigenvalue weighted by Crippen LogP contribution is 2.24. The van der Waals surface area contributed by atoms with Crippen molar-refractivity contribution >= 4 is 17.5 Å². The third kappa shape index (κ3) is 6.51. The van der Waals surface area contributed by atoms with Gasteiger partial charge in [0.05, 0.1) is 12.1 Å². The van der Waals surface area contributed by atoms with Gasteiger partial charge in [0.25, 0.3) is 0 Å². The van der Waals surface area contributed by atoms with E-state index < -0.39 is 0 Å². The summed E-state index contributed by atoms with van der Waals surface area (Å²) in [5.41, 5.74) is 4.00. The third-order valence-corrected chi connectivity index (χ3v) is 6.31. The second-order valence-corrected chi connectivity index (χ2v) is 8.89. The number of carbonyl (C=O) groups excluding carboxylic acids is 2. The highest BCUT2D eigenvalue weighted by atomic mass is 16.6. The van der Waals surface area contributed by atoms with Crippen LogP contribution in [-0.2, 0) is 29.1 Å². The Morgan fingerprint density at radius 3 is 2.46 bits per heavy atom. The van der Waals surface area contributed by atoms with E-state index in [4.69, 9.17) is 4.63 Å². The van der Waals surface area contributed by atoms with Gasteiger partial charge in [-0.3, -0.25) is 19.5 Å². The number of aryl methyl sites for hydroxylation is 1. The number of nitrogens with zero attached hydrogens (tertiary/aromatic N) is 6. The van der Waals surface area contributed by atoms with Gasteiger partial charge in [0.1, 0.15) is 11.4 Å². The molecule has 4 rings (SSSR count). The van der Waals surface area contributed by atoms with Gasteiger partial charge in [0.15, 0.2) is 0 Å². The fraction of sp³-hybridized carbons (Fsp3) is 0.423. The van der Waals surface area contributed by atoms with E-state index in [0.29, 0.717) is 31.0 Å². The van der Waals surface area contributed by atoms with Crippen molar-refractivity contribution in [1.82, 2.24) is 25.1 Å². The lowest BCUT2D eigenvalue weighted by Gasteiger charge is -2.31. The second-order valence-electron chi connectivity index (χ2n) is 8.89. The van der Waals surface area contributed by atoms with Crippen LogP contribution < -0.4 is 4.90 Å². The highest BCUT2D eigenvalue weighted by Gasteiger charge is 2.23. The Labute approximate surface area is 205 Å². The summed E-state index contributed by atoms with van der Waals surface area (Å²) in [6.07, 6.45) is 3.61. The minimum atomic E-state index is -0.0405. The van der Waals surface area contributed by atoms with Crippen molar-refractivity contribution in [1.29, 1.82) is 0 Å². The molecule has 35 heavy (non-hydrogen) atoms. The number of anilines is 1. The first-order valence-corrected chi connectivity index (χ1v) is 12.1. The van der Waals surface area contributed by atoms with Gasteiger partial charge < -0.3 is 9.80 Å². The van der Waals surface area contributed by atoms with Crippen LogP contribution in [0, 0.1) is 6.92 Å². The molecule has 0 atom stereocenters. The topological polar surface area (TPSA) is 95.7 Å². The third-order valence-electron chi connectivity index (χ3n) is 6.31. The van der Waals surface area contributed by atoms with Crippen molar-refractivity contribution in [3.63, 3.8) is 0 Å². The molecule has 0 spiro atoms. The Hall–Kier alpha value is -3.59. The average Bonchev–Trinajstić information content (AvgIpc) is 3.25. The molecule has 3 aromatic rings. The quantitative estimate of drug-likeness (QED) is 0.571. The molecule has 3 heterocycles. The van der Waals surface area contributed by atoms with Crippen molar-refractivity contribution in [3.8, 4) is 0 Å². The predicted molar refractivity (Wildman–Crippen MR) is 131 cm³/mol. The van der Waals surface area contributed by atoms with Crippen LogP contribution in [0.1, 0.15) is 42.4 Å². The Balaban J connectivity index is 1.59. The van der Waals surface area contributed by atoms with Crippen LogP contribution in [0.3, 0.4) is 0 Å². The molecule has 0 bridgehead atoms. The number of benzene rings is 1. The number of aromatic nitrogens is 3. The highest BCUT2D eigenvalue weighted by molar-refractivity contribution is 5.92. The van der Waals surface area contributed by atoms with Crippen LogP contribution in [-0.4, -0.2) is 63.1 Å². The number of pyridine rings is 1. The minimum absolute atomic E-state index is 0.00652. The Bertz CT molecular complexity index is 1130. The van der Waals surface area contributed by atoms with E-state index in [0.717, 1.165) is 49.4 Å². The Kier molecular flexibility index (Phi) is 8.20. The van der Waals surface area contributed by atoms with E-state index in [2.05, 4.69) is 20.2 Å². The van der Waals surface area contributed by atoms with Crippen molar-refractivity contribution in [2.45, 2.75) is 46.2 Å². The number of carbonyl (C=O) groups is 2. The smallest absolute Gasteiger partial charge is 0.229 e. The van der Waals surface area contributed by atoms with Gasteiger partial charge in [-0.15, -0.1) is 0 Å². The molecular weight excluding hydrogens is 444 g/mol. The molecule has 1 aliphatic rings. The number of hydrogen-bond donors (Lipinski definition) is 0. The molecule has 0 radical (unpaired) electrons. The zero-order valence-electron chi connectivity index (χ0n) is 20.4. The summed E-state index contributed by atoms with van der Waals surface area (Å²) in [6, 6.07) is 13.8. The molecule has 0 unspecified atom stereocenters. The lowest BCUT2D eigenvalue weighted by atomic mass is 10.1. The summed E-state index contributed by atoms with van der Waals surface area (Å²) >= 11 is 0. The van der Waals surface area contributed by atoms with Crippen LogP contribution in [0.2, 0.25) is 0 Å². The molecule has 0 N–H and O–H groups in total. The first kappa shape index (κ1) is 24.5. The molecule has 2 aromatic heterocycles. The summed E-state index contributed by atoms with van der Waals surface area (Å²) in [4.78, 5) is 36.5. The van der Waals surface area contributed by atoms with E-state index in [9.17, 15) is 9.59 Å². The van der Waals surface area contributed by atoms with Gasteiger partial charge in [-0.25, -0.2) is 4.63 Å². The zero-order chi connectivity index (χ0) is 24.6. The van der Waals surface area contributed by atoms with E-state index in [-0.39, 0.29) is 18.2 Å². The average molecular weight is 477 g/mol. The number of rotatable bonds is 4. The van der Waals surface area contributed by atoms with E-state index in [1.807, 2.05) is 52.3 Å². The number of fused-ring (bicyclic) bond motifs is 1. The molecule has 9 nitrogen and oxygen atoms in total. The molecule has 0 aliphatic carbocycles. The van der Waals surface area contributed by atoms with Crippen LogP contribution in [0.15, 0.2) is 53.3 Å². The molecule has 0 saturated heterocycles. The SMILES string of the molecule is CC(=O)N1CCCN(Cc2ccccn2)CCCN(C(=O)Cc2nonc2C)Cc2ccccc21. The van der Waals surface area contributed by atoms with Gasteiger partial charge >= 0.3 is 0 Å². The van der Waals surface area contributed by atoms with Gasteiger partial charge in [-0.1, -0.05) is 34.6 Å². The molecule has 0 saturated carbocycles. The summed E-state index contributed by atoms with van der Waals surface area (Å²) < 4.78 is 4.78. The van der Waals surface area contributed by atoms with Gasteiger partial charge in [0.2, 0.25) is 11.8 Å². The first-order valence-electron chi connectivity index (χ1n) is 12.1. The monoisotopic (exact) mass is 476 g/mol. The number of amides is 2. The minimum Gasteiger partial charge on any atom is -0.338 e. The maximum absolute atomic E-state index is 13.3. The summed E-state index contributed by atoms with van der Waals surface area (Å²) in [5, 5.41) is 7.69. The maximum Gasteiger partial charge on any atom is 0.229 e.